The van der Waals surface area contributed by atoms with Gasteiger partial charge in [-0.3, -0.25) is 4.79 Å². The number of hydrogen-bond acceptors (Lipinski definition) is 8. The van der Waals surface area contributed by atoms with Gasteiger partial charge in [-0.05, 0) is 63.6 Å². The van der Waals surface area contributed by atoms with Crippen molar-refractivity contribution in [2.45, 2.75) is 37.8 Å². The maximum Gasteiger partial charge on any atom is 0.281 e. The van der Waals surface area contributed by atoms with E-state index in [1.54, 1.807) is 19.1 Å². The Labute approximate surface area is 203 Å². The average molecular weight is 500 g/mol. The Hall–Kier alpha value is -3.73. The Bertz CT molecular complexity index is 1390. The number of pyridine rings is 2. The molecule has 3 N–H and O–H groups in total. The quantitative estimate of drug-likeness (QED) is 0.507. The summed E-state index contributed by atoms with van der Waals surface area (Å²) in [7, 11) is -4.27. The first-order chi connectivity index (χ1) is 16.5. The highest BCUT2D eigenvalue weighted by atomic mass is 32.2. The van der Waals surface area contributed by atoms with Gasteiger partial charge in [0.2, 0.25) is 0 Å². The number of ether oxygens (including phenoxy) is 1. The summed E-state index contributed by atoms with van der Waals surface area (Å²) in [6, 6.07) is 11.4. The van der Waals surface area contributed by atoms with Crippen LogP contribution in [0.3, 0.4) is 0 Å². The van der Waals surface area contributed by atoms with E-state index in [1.807, 2.05) is 23.5 Å². The number of sulfonamides is 1. The average Bonchev–Trinajstić information content (AvgIpc) is 2.78. The largest absolute Gasteiger partial charge is 0.494 e. The van der Waals surface area contributed by atoms with Crippen molar-refractivity contribution < 1.29 is 22.3 Å². The van der Waals surface area contributed by atoms with E-state index in [1.165, 1.54) is 36.4 Å². The number of nitrogens with zero attached hydrogens (tertiary/aromatic N) is 3. The molecule has 1 aromatic carbocycles. The van der Waals surface area contributed by atoms with E-state index < -0.39 is 21.7 Å². The van der Waals surface area contributed by atoms with E-state index >= 15 is 0 Å². The van der Waals surface area contributed by atoms with Crippen LogP contribution in [0.5, 0.6) is 5.75 Å². The van der Waals surface area contributed by atoms with Gasteiger partial charge in [-0.15, -0.1) is 0 Å². The first kappa shape index (κ1) is 24.4. The Morgan fingerprint density at radius 1 is 1.20 bits per heavy atom. The number of anilines is 2. The van der Waals surface area contributed by atoms with E-state index in [9.17, 15) is 17.6 Å². The van der Waals surface area contributed by atoms with Crippen LogP contribution in [0.15, 0.2) is 53.6 Å². The zero-order valence-corrected chi connectivity index (χ0v) is 20.4. The predicted molar refractivity (Wildman–Crippen MR) is 130 cm³/mol. The summed E-state index contributed by atoms with van der Waals surface area (Å²) in [4.78, 5) is 23.5. The molecule has 1 aliphatic rings. The van der Waals surface area contributed by atoms with Gasteiger partial charge in [0.15, 0.2) is 5.03 Å². The van der Waals surface area contributed by atoms with Crippen molar-refractivity contribution in [1.82, 2.24) is 14.7 Å². The third-order valence-electron chi connectivity index (χ3n) is 5.78. The zero-order valence-electron chi connectivity index (χ0n) is 19.6. The SMILES string of the molecule is CCOc1cc(F)cc(-c2ccc(C(=O)NS(=O)(=O)c3cccc(N)n3)c(N3CCC3(C)C)n2)c1. The number of carbonyl (C=O) groups excluding carboxylic acids is 1. The highest BCUT2D eigenvalue weighted by molar-refractivity contribution is 7.90. The van der Waals surface area contributed by atoms with Gasteiger partial charge in [-0.2, -0.15) is 8.42 Å². The van der Waals surface area contributed by atoms with Crippen LogP contribution in [0, 0.1) is 5.82 Å². The van der Waals surface area contributed by atoms with Crippen molar-refractivity contribution in [3.8, 4) is 17.0 Å². The van der Waals surface area contributed by atoms with Crippen molar-refractivity contribution in [2.75, 3.05) is 23.8 Å². The number of amides is 1. The van der Waals surface area contributed by atoms with Crippen molar-refractivity contribution in [2.24, 2.45) is 0 Å². The summed E-state index contributed by atoms with van der Waals surface area (Å²) in [6.07, 6.45) is 0.861. The minimum absolute atomic E-state index is 0.0101. The Morgan fingerprint density at radius 2 is 1.97 bits per heavy atom. The van der Waals surface area contributed by atoms with Gasteiger partial charge >= 0.3 is 0 Å². The zero-order chi connectivity index (χ0) is 25.4. The fourth-order valence-electron chi connectivity index (χ4n) is 3.83. The van der Waals surface area contributed by atoms with Crippen LogP contribution in [0.4, 0.5) is 16.0 Å². The third kappa shape index (κ3) is 5.04. The Morgan fingerprint density at radius 3 is 2.60 bits per heavy atom. The topological polar surface area (TPSA) is 128 Å². The summed E-state index contributed by atoms with van der Waals surface area (Å²) in [5.41, 5.74) is 6.24. The van der Waals surface area contributed by atoms with Gasteiger partial charge in [0.1, 0.15) is 23.2 Å². The summed E-state index contributed by atoms with van der Waals surface area (Å²) in [6.45, 7) is 6.79. The minimum atomic E-state index is -4.27. The lowest BCUT2D eigenvalue weighted by Crippen LogP contribution is -2.57. The summed E-state index contributed by atoms with van der Waals surface area (Å²) >= 11 is 0. The van der Waals surface area contributed by atoms with Crippen LogP contribution in [-0.2, 0) is 10.0 Å². The van der Waals surface area contributed by atoms with E-state index in [4.69, 9.17) is 10.5 Å². The molecule has 0 bridgehead atoms. The van der Waals surface area contributed by atoms with Crippen molar-refractivity contribution in [3.05, 3.63) is 59.9 Å². The summed E-state index contributed by atoms with van der Waals surface area (Å²) < 4.78 is 47.2. The number of nitrogens with two attached hydrogens (primary N) is 1. The smallest absolute Gasteiger partial charge is 0.281 e. The van der Waals surface area contributed by atoms with Crippen molar-refractivity contribution in [1.29, 1.82) is 0 Å². The number of benzene rings is 1. The van der Waals surface area contributed by atoms with Gasteiger partial charge < -0.3 is 15.4 Å². The lowest BCUT2D eigenvalue weighted by Gasteiger charge is -2.49. The highest BCUT2D eigenvalue weighted by Gasteiger charge is 2.39. The van der Waals surface area contributed by atoms with E-state index in [2.05, 4.69) is 9.97 Å². The molecule has 35 heavy (non-hydrogen) atoms. The van der Waals surface area contributed by atoms with Gasteiger partial charge in [0.05, 0.1) is 17.9 Å². The maximum atomic E-state index is 14.2. The first-order valence-corrected chi connectivity index (χ1v) is 12.5. The molecular weight excluding hydrogens is 473 g/mol. The molecule has 2 aromatic heterocycles. The van der Waals surface area contributed by atoms with Crippen LogP contribution in [0.2, 0.25) is 0 Å². The highest BCUT2D eigenvalue weighted by Crippen LogP contribution is 2.37. The van der Waals surface area contributed by atoms with Crippen molar-refractivity contribution >= 4 is 27.6 Å². The number of rotatable bonds is 7. The molecule has 1 aliphatic heterocycles. The number of carbonyl (C=O) groups is 1. The lowest BCUT2D eigenvalue weighted by atomic mass is 9.88. The number of aromatic nitrogens is 2. The van der Waals surface area contributed by atoms with Crippen LogP contribution in [-0.4, -0.2) is 43.0 Å². The number of halogens is 1. The van der Waals surface area contributed by atoms with Gasteiger partial charge in [0, 0.05) is 23.7 Å². The number of nitrogen functional groups attached to an aromatic ring is 1. The lowest BCUT2D eigenvalue weighted by molar-refractivity contribution is 0.0981. The van der Waals surface area contributed by atoms with Gasteiger partial charge in [0.25, 0.3) is 15.9 Å². The fourth-order valence-corrected chi connectivity index (χ4v) is 4.77. The molecule has 0 spiro atoms. The van der Waals surface area contributed by atoms with E-state index in [0.29, 0.717) is 36.0 Å². The van der Waals surface area contributed by atoms with E-state index in [0.717, 1.165) is 6.42 Å². The molecule has 0 atom stereocenters. The molecular formula is C24H26FN5O4S. The maximum absolute atomic E-state index is 14.2. The van der Waals surface area contributed by atoms with Gasteiger partial charge in [-0.25, -0.2) is 19.1 Å². The molecule has 11 heteroatoms. The first-order valence-electron chi connectivity index (χ1n) is 11.0. The molecule has 184 valence electrons. The molecule has 1 amide bonds. The van der Waals surface area contributed by atoms with Crippen LogP contribution in [0.1, 0.15) is 37.6 Å². The van der Waals surface area contributed by atoms with Gasteiger partial charge in [-0.1, -0.05) is 6.07 Å². The molecule has 1 fully saturated rings. The minimum Gasteiger partial charge on any atom is -0.494 e. The Balaban J connectivity index is 1.74. The Kier molecular flexibility index (Phi) is 6.37. The molecule has 0 unspecified atom stereocenters. The normalized spacial score (nSPS) is 14.8. The summed E-state index contributed by atoms with van der Waals surface area (Å²) in [5, 5.41) is -0.371. The molecule has 4 rings (SSSR count). The molecule has 3 aromatic rings. The number of hydrogen-bond donors (Lipinski definition) is 2. The molecule has 0 radical (unpaired) electrons. The molecule has 9 nitrogen and oxygen atoms in total. The molecule has 0 saturated carbocycles. The van der Waals surface area contributed by atoms with E-state index in [-0.39, 0.29) is 21.9 Å². The third-order valence-corrected chi connectivity index (χ3v) is 7.01. The monoisotopic (exact) mass is 499 g/mol. The molecule has 0 aliphatic carbocycles. The second kappa shape index (κ2) is 9.14. The fraction of sp³-hybridized carbons (Fsp3) is 0.292. The van der Waals surface area contributed by atoms with Crippen molar-refractivity contribution in [3.63, 3.8) is 0 Å². The predicted octanol–water partition coefficient (Wildman–Crippen LogP) is 3.37. The van der Waals surface area contributed by atoms with Crippen LogP contribution < -0.4 is 20.1 Å². The molecule has 3 heterocycles. The standard InChI is InChI=1S/C24H26FN5O4S/c1-4-34-17-13-15(12-16(25)14-17)19-9-8-18(22(27-19)30-11-10-24(30,2)3)23(31)29-35(32,33)21-7-5-6-20(26)28-21/h5-9,12-14H,4,10-11H2,1-3H3,(H2,26,28)(H,29,31). The van der Waals surface area contributed by atoms with Crippen LogP contribution >= 0.6 is 0 Å². The second-order valence-electron chi connectivity index (χ2n) is 8.73. The molecule has 1 saturated heterocycles. The summed E-state index contributed by atoms with van der Waals surface area (Å²) in [5.74, 6) is -0.677. The van der Waals surface area contributed by atoms with Crippen LogP contribution in [0.25, 0.3) is 11.3 Å². The number of nitrogens with one attached hydrogen (secondary N) is 1. The second-order valence-corrected chi connectivity index (χ2v) is 10.4.